The number of unbranched alkanes of at least 4 members (excludes halogenated alkanes) is 18. The summed E-state index contributed by atoms with van der Waals surface area (Å²) in [5.74, 6) is -0.115. The van der Waals surface area contributed by atoms with Crippen LogP contribution in [0.5, 0.6) is 0 Å². The van der Waals surface area contributed by atoms with Crippen molar-refractivity contribution in [1.29, 1.82) is 0 Å². The summed E-state index contributed by atoms with van der Waals surface area (Å²) in [6.07, 6.45) is 27.7. The number of quaternary nitrogens is 2. The van der Waals surface area contributed by atoms with Gasteiger partial charge in [-0.25, -0.2) is 0 Å². The van der Waals surface area contributed by atoms with Crippen molar-refractivity contribution in [2.75, 3.05) is 59.6 Å². The SMILES string of the molecule is CCCCCCCCCCCC[N+](C)(C)CC[N+](C)(CCCCCCCCCCCC)CCCS(=O)(=O)O. The van der Waals surface area contributed by atoms with Gasteiger partial charge in [0.1, 0.15) is 13.1 Å². The van der Waals surface area contributed by atoms with Crippen LogP contribution < -0.4 is 0 Å². The number of nitrogens with zero attached hydrogens (tertiary/aromatic N) is 2. The zero-order valence-corrected chi connectivity index (χ0v) is 27.5. The number of likely N-dealkylation sites (N-methyl/N-ethyl adjacent to an activating group) is 2. The first-order valence-corrected chi connectivity index (χ1v) is 18.3. The molecule has 0 amide bonds. The summed E-state index contributed by atoms with van der Waals surface area (Å²) in [7, 11) is 3.14. The van der Waals surface area contributed by atoms with Crippen LogP contribution in [-0.4, -0.2) is 81.6 Å². The molecule has 1 atom stereocenters. The van der Waals surface area contributed by atoms with E-state index in [0.717, 1.165) is 35.1 Å². The van der Waals surface area contributed by atoms with E-state index in [4.69, 9.17) is 0 Å². The maximum atomic E-state index is 11.3. The highest BCUT2D eigenvalue weighted by Gasteiger charge is 2.26. The molecular weight excluding hydrogens is 492 g/mol. The first-order chi connectivity index (χ1) is 18.0. The van der Waals surface area contributed by atoms with Crippen molar-refractivity contribution in [2.24, 2.45) is 0 Å². The van der Waals surface area contributed by atoms with E-state index in [9.17, 15) is 13.0 Å². The largest absolute Gasteiger partial charge is 0.324 e. The second kappa shape index (κ2) is 23.5. The van der Waals surface area contributed by atoms with Gasteiger partial charge in [0.05, 0.1) is 46.5 Å². The molecule has 5 nitrogen and oxygen atoms in total. The third-order valence-electron chi connectivity index (χ3n) is 8.51. The molecule has 0 aromatic rings. The lowest BCUT2D eigenvalue weighted by Gasteiger charge is -2.38. The van der Waals surface area contributed by atoms with Gasteiger partial charge in [0.15, 0.2) is 0 Å². The molecule has 1 N–H and O–H groups in total. The Balaban J connectivity index is 4.31. The first kappa shape index (κ1) is 37.8. The van der Waals surface area contributed by atoms with Gasteiger partial charge >= 0.3 is 0 Å². The van der Waals surface area contributed by atoms with Gasteiger partial charge in [-0.05, 0) is 25.7 Å². The quantitative estimate of drug-likeness (QED) is 0.0564. The summed E-state index contributed by atoms with van der Waals surface area (Å²) in [6.45, 7) is 9.91. The highest BCUT2D eigenvalue weighted by atomic mass is 32.2. The minimum absolute atomic E-state index is 0.115. The van der Waals surface area contributed by atoms with Gasteiger partial charge in [-0.15, -0.1) is 0 Å². The zero-order chi connectivity index (χ0) is 28.6. The molecule has 0 radical (unpaired) electrons. The molecule has 230 valence electrons. The molecule has 0 aliphatic heterocycles. The Bertz CT molecular complexity index is 624. The van der Waals surface area contributed by atoms with Gasteiger partial charge < -0.3 is 8.97 Å². The summed E-state index contributed by atoms with van der Waals surface area (Å²) < 4.78 is 33.8. The Kier molecular flexibility index (Phi) is 23.4. The zero-order valence-electron chi connectivity index (χ0n) is 26.7. The van der Waals surface area contributed by atoms with Crippen molar-refractivity contribution in [3.8, 4) is 0 Å². The monoisotopic (exact) mass is 563 g/mol. The molecule has 0 aliphatic carbocycles. The molecule has 0 fully saturated rings. The molecule has 0 aliphatic rings. The van der Waals surface area contributed by atoms with Crippen LogP contribution in [0.1, 0.15) is 149 Å². The van der Waals surface area contributed by atoms with Crippen molar-refractivity contribution in [3.05, 3.63) is 0 Å². The van der Waals surface area contributed by atoms with E-state index in [0.29, 0.717) is 6.42 Å². The Hall–Kier alpha value is -0.170. The van der Waals surface area contributed by atoms with Gasteiger partial charge in [-0.3, -0.25) is 4.55 Å². The fraction of sp³-hybridized carbons (Fsp3) is 1.00. The average Bonchev–Trinajstić information content (AvgIpc) is 2.84. The van der Waals surface area contributed by atoms with Crippen molar-refractivity contribution < 1.29 is 21.9 Å². The second-order valence-corrected chi connectivity index (χ2v) is 14.7. The predicted molar refractivity (Wildman–Crippen MR) is 167 cm³/mol. The Morgan fingerprint density at radius 3 is 1.18 bits per heavy atom. The van der Waals surface area contributed by atoms with E-state index in [-0.39, 0.29) is 5.75 Å². The normalized spacial score (nSPS) is 14.2. The Morgan fingerprint density at radius 1 is 0.447 bits per heavy atom. The number of rotatable bonds is 29. The van der Waals surface area contributed by atoms with E-state index in [2.05, 4.69) is 35.0 Å². The van der Waals surface area contributed by atoms with Crippen molar-refractivity contribution in [3.63, 3.8) is 0 Å². The maximum absolute atomic E-state index is 11.3. The van der Waals surface area contributed by atoms with E-state index in [1.165, 1.54) is 135 Å². The summed E-state index contributed by atoms with van der Waals surface area (Å²) >= 11 is 0. The van der Waals surface area contributed by atoms with E-state index >= 15 is 0 Å². The van der Waals surface area contributed by atoms with Crippen LogP contribution in [0.2, 0.25) is 0 Å². The lowest BCUT2D eigenvalue weighted by Crippen LogP contribution is -2.54. The van der Waals surface area contributed by atoms with E-state index < -0.39 is 10.1 Å². The standard InChI is InChI=1S/C32H69N2O3S/c1-6-8-10-12-14-16-18-20-22-24-27-33(3,4)30-31-34(5,29-26-32-38(35,36)37)28-25-23-21-19-17-15-13-11-9-7-2/h6-32H2,1-5H3/q+1/p+1. The van der Waals surface area contributed by atoms with E-state index in [1.807, 2.05) is 0 Å². The van der Waals surface area contributed by atoms with Crippen LogP contribution in [0, 0.1) is 0 Å². The lowest BCUT2D eigenvalue weighted by molar-refractivity contribution is -0.955. The van der Waals surface area contributed by atoms with Crippen molar-refractivity contribution in [2.45, 2.75) is 149 Å². The fourth-order valence-corrected chi connectivity index (χ4v) is 6.09. The smallest absolute Gasteiger partial charge is 0.265 e. The molecule has 0 aromatic heterocycles. The lowest BCUT2D eigenvalue weighted by atomic mass is 10.1. The highest BCUT2D eigenvalue weighted by molar-refractivity contribution is 7.85. The third kappa shape index (κ3) is 26.1. The molecule has 6 heteroatoms. The van der Waals surface area contributed by atoms with Crippen LogP contribution in [0.15, 0.2) is 0 Å². The Morgan fingerprint density at radius 2 is 0.789 bits per heavy atom. The molecule has 0 spiro atoms. The van der Waals surface area contributed by atoms with Gasteiger partial charge in [0.2, 0.25) is 0 Å². The fourth-order valence-electron chi connectivity index (χ4n) is 5.60. The van der Waals surface area contributed by atoms with Gasteiger partial charge in [0.25, 0.3) is 10.1 Å². The molecule has 0 saturated heterocycles. The van der Waals surface area contributed by atoms with E-state index in [1.54, 1.807) is 0 Å². The molecule has 1 unspecified atom stereocenters. The second-order valence-electron chi connectivity index (χ2n) is 13.2. The van der Waals surface area contributed by atoms with Crippen molar-refractivity contribution >= 4 is 10.1 Å². The van der Waals surface area contributed by atoms with Gasteiger partial charge in [-0.2, -0.15) is 8.42 Å². The number of hydrogen-bond acceptors (Lipinski definition) is 2. The van der Waals surface area contributed by atoms with Crippen LogP contribution >= 0.6 is 0 Å². The Labute approximate surface area is 240 Å². The molecule has 0 rings (SSSR count). The molecule has 0 saturated carbocycles. The third-order valence-corrected chi connectivity index (χ3v) is 9.32. The van der Waals surface area contributed by atoms with Crippen LogP contribution in [-0.2, 0) is 10.1 Å². The first-order valence-electron chi connectivity index (χ1n) is 16.6. The summed E-state index contributed by atoms with van der Waals surface area (Å²) in [6, 6.07) is 0. The number of hydrogen-bond donors (Lipinski definition) is 1. The molecule has 0 aromatic carbocycles. The van der Waals surface area contributed by atoms with Crippen LogP contribution in [0.25, 0.3) is 0 Å². The molecular formula is C32H70N2O3S+2. The van der Waals surface area contributed by atoms with Crippen LogP contribution in [0.4, 0.5) is 0 Å². The summed E-state index contributed by atoms with van der Waals surface area (Å²) in [4.78, 5) is 0. The average molecular weight is 563 g/mol. The molecule has 0 heterocycles. The summed E-state index contributed by atoms with van der Waals surface area (Å²) in [5, 5.41) is 0. The predicted octanol–water partition coefficient (Wildman–Crippen LogP) is 8.63. The molecule has 0 bridgehead atoms. The topological polar surface area (TPSA) is 54.4 Å². The van der Waals surface area contributed by atoms with Crippen molar-refractivity contribution in [1.82, 2.24) is 0 Å². The summed E-state index contributed by atoms with van der Waals surface area (Å²) in [5.41, 5.74) is 0. The van der Waals surface area contributed by atoms with Gasteiger partial charge in [-0.1, -0.05) is 117 Å². The maximum Gasteiger partial charge on any atom is 0.265 e. The van der Waals surface area contributed by atoms with Gasteiger partial charge in [0, 0.05) is 6.42 Å². The minimum atomic E-state index is -3.88. The highest BCUT2D eigenvalue weighted by Crippen LogP contribution is 2.16. The van der Waals surface area contributed by atoms with Crippen LogP contribution in [0.3, 0.4) is 0 Å². The minimum Gasteiger partial charge on any atom is -0.324 e. The molecule has 38 heavy (non-hydrogen) atoms.